The molecule has 11 heteroatoms. The number of carbonyl (C=O) groups is 3. The molecule has 18 atom stereocenters. The second-order valence-electron chi connectivity index (χ2n) is 24.3. The summed E-state index contributed by atoms with van der Waals surface area (Å²) in [5.74, 6) is 7.89. The van der Waals surface area contributed by atoms with Gasteiger partial charge in [-0.3, -0.25) is 14.9 Å². The molecular weight excluding hydrogens is 845 g/mol. The van der Waals surface area contributed by atoms with E-state index in [0.717, 1.165) is 75.0 Å². The lowest BCUT2D eigenvalue weighted by Crippen LogP contribution is -2.81. The topological polar surface area (TPSA) is 140 Å². The number of aliphatic hydroxyl groups is 1. The van der Waals surface area contributed by atoms with E-state index in [1.807, 2.05) is 20.1 Å². The summed E-state index contributed by atoms with van der Waals surface area (Å²) in [6.45, 7) is 8.20. The highest BCUT2D eigenvalue weighted by atomic mass is 16.7. The molecule has 2 aromatic rings. The average Bonchev–Trinajstić information content (AvgIpc) is 3.56. The van der Waals surface area contributed by atoms with E-state index in [9.17, 15) is 9.90 Å². The fourth-order valence-corrected chi connectivity index (χ4v) is 19.2. The summed E-state index contributed by atoms with van der Waals surface area (Å²) < 4.78 is 34.4. The van der Waals surface area contributed by atoms with Crippen molar-refractivity contribution >= 4 is 17.7 Å². The van der Waals surface area contributed by atoms with Gasteiger partial charge in [0.2, 0.25) is 0 Å². The van der Waals surface area contributed by atoms with Crippen LogP contribution in [0.2, 0.25) is 0 Å². The van der Waals surface area contributed by atoms with Crippen molar-refractivity contribution in [1.29, 1.82) is 0 Å². The van der Waals surface area contributed by atoms with Crippen molar-refractivity contribution < 1.29 is 42.9 Å². The first kappa shape index (κ1) is 42.0. The molecule has 0 amide bonds. The summed E-state index contributed by atoms with van der Waals surface area (Å²) in [5, 5.41) is 17.3. The van der Waals surface area contributed by atoms with Gasteiger partial charge in [-0.15, -0.1) is 0 Å². The molecule has 2 N–H and O–H groups in total. The van der Waals surface area contributed by atoms with Crippen molar-refractivity contribution in [1.82, 2.24) is 10.2 Å². The quantitative estimate of drug-likeness (QED) is 0.186. The second-order valence-corrected chi connectivity index (χ2v) is 24.3. The lowest BCUT2D eigenvalue weighted by Gasteiger charge is -2.72. The smallest absolute Gasteiger partial charge is 0.339 e. The van der Waals surface area contributed by atoms with E-state index < -0.39 is 63.2 Å². The zero-order valence-corrected chi connectivity index (χ0v) is 39.3. The Kier molecular flexibility index (Phi) is 8.84. The van der Waals surface area contributed by atoms with Gasteiger partial charge in [0.25, 0.3) is 0 Å². The van der Waals surface area contributed by atoms with Gasteiger partial charge < -0.3 is 33.4 Å². The number of fused-ring (bicyclic) bond motifs is 5. The predicted molar refractivity (Wildman–Crippen MR) is 243 cm³/mol. The monoisotopic (exact) mass is 910 g/mol. The summed E-state index contributed by atoms with van der Waals surface area (Å²) in [4.78, 5) is 47.1. The maximum Gasteiger partial charge on any atom is 0.339 e. The number of esters is 2. The molecule has 4 bridgehead atoms. The van der Waals surface area contributed by atoms with Gasteiger partial charge in [0.05, 0.1) is 42.9 Å². The standard InChI is InChI=1S/C56H66N2O9/c1-51(2)47-46(60)48(61)54-39-25-33(23-31-7-5-4-6-8-31)9-12-34(39)13-15-37-16-14-36-28-63-41(18-11-32-10-17-38-35(24-32)20-22-58-30-57-27-40(38)58)45(36)55(37)52(3,56(54)49(66-56)50(62)67-55)21-19-42(54)53(47)29-64-44(59)26-43(53)65-51/h4-8,20,22,28,32-35,37-40,42-43,47-49,57,61H,9-12,14,16-19,21,23-27,29-30H2,1-3H3. The van der Waals surface area contributed by atoms with Gasteiger partial charge in [-0.25, -0.2) is 4.79 Å². The Morgan fingerprint density at radius 1 is 0.955 bits per heavy atom. The molecule has 12 aliphatic rings. The Morgan fingerprint density at radius 2 is 1.81 bits per heavy atom. The Hall–Kier alpha value is -3.95. The Balaban J connectivity index is 0.924. The van der Waals surface area contributed by atoms with Crippen LogP contribution in [0.3, 0.4) is 0 Å². The van der Waals surface area contributed by atoms with Gasteiger partial charge in [-0.2, -0.15) is 0 Å². The van der Waals surface area contributed by atoms with E-state index in [4.69, 9.17) is 23.4 Å². The minimum Gasteiger partial charge on any atom is -0.469 e. The number of carbonyl (C=O) groups excluding carboxylic acids is 3. The molecule has 18 unspecified atom stereocenters. The number of furan rings is 1. The van der Waals surface area contributed by atoms with Crippen LogP contribution >= 0.6 is 0 Å². The predicted octanol–water partition coefficient (Wildman–Crippen LogP) is 6.82. The molecule has 11 nitrogen and oxygen atoms in total. The second kappa shape index (κ2) is 14.1. The van der Waals surface area contributed by atoms with Gasteiger partial charge in [0.1, 0.15) is 24.1 Å². The molecule has 4 spiro atoms. The highest BCUT2D eigenvalue weighted by Gasteiger charge is 2.95. The fourth-order valence-electron chi connectivity index (χ4n) is 19.2. The number of hydrogen-bond acceptors (Lipinski definition) is 11. The molecular formula is C56H66N2O9. The number of benzene rings is 1. The third kappa shape index (κ3) is 5.12. The van der Waals surface area contributed by atoms with Crippen LogP contribution in [0, 0.1) is 81.3 Å². The largest absolute Gasteiger partial charge is 0.469 e. The molecule has 67 heavy (non-hydrogen) atoms. The van der Waals surface area contributed by atoms with Crippen LogP contribution in [-0.2, 0) is 58.2 Å². The number of ketones is 1. The molecule has 5 saturated heterocycles. The summed E-state index contributed by atoms with van der Waals surface area (Å²) in [6, 6.07) is 11.2. The van der Waals surface area contributed by atoms with Gasteiger partial charge >= 0.3 is 11.9 Å². The zero-order chi connectivity index (χ0) is 45.5. The Morgan fingerprint density at radius 3 is 2.67 bits per heavy atom. The Labute approximate surface area is 393 Å². The van der Waals surface area contributed by atoms with Crippen LogP contribution in [0.5, 0.6) is 0 Å². The molecule has 6 aliphatic carbocycles. The van der Waals surface area contributed by atoms with E-state index in [1.54, 1.807) is 0 Å². The number of nitrogens with zero attached hydrogens (tertiary/aromatic N) is 1. The number of aryl methyl sites for hydroxylation is 2. The number of rotatable bonds is 5. The van der Waals surface area contributed by atoms with Crippen LogP contribution in [-0.4, -0.2) is 83.1 Å². The van der Waals surface area contributed by atoms with E-state index in [0.29, 0.717) is 43.1 Å². The number of epoxide rings is 1. The van der Waals surface area contributed by atoms with Gasteiger partial charge in [0, 0.05) is 46.7 Å². The molecule has 1 aromatic heterocycles. The lowest BCUT2D eigenvalue weighted by molar-refractivity contribution is -0.301. The maximum atomic E-state index is 15.9. The lowest BCUT2D eigenvalue weighted by atomic mass is 9.30. The zero-order valence-electron chi connectivity index (χ0n) is 39.3. The van der Waals surface area contributed by atoms with E-state index >= 15 is 9.59 Å². The fraction of sp³-hybridized carbons (Fsp3) is 0.696. The van der Waals surface area contributed by atoms with E-state index in [1.165, 1.54) is 24.8 Å². The van der Waals surface area contributed by atoms with Crippen molar-refractivity contribution in [2.45, 2.75) is 152 Å². The van der Waals surface area contributed by atoms with Gasteiger partial charge in [0.15, 0.2) is 17.5 Å². The number of cyclic esters (lactones) is 1. The Bertz CT molecular complexity index is 2540. The normalized spacial score (nSPS) is 48.9. The summed E-state index contributed by atoms with van der Waals surface area (Å²) >= 11 is 0. The minimum atomic E-state index is -1.47. The van der Waals surface area contributed by atoms with Gasteiger partial charge in [-0.1, -0.05) is 61.6 Å². The SMILES string of the molecule is CC1(C)OC2CC(=O)OCC23C1C(=O)C(O)C12C4CC(Cc5ccccc5)CCC4C#CC4CCc5coc(CCC6CCC7C(C=CN8CNCC78)C6)c5C45OC(=O)C4OC41C5(C)CCC32. The minimum absolute atomic E-state index is 0.0338. The van der Waals surface area contributed by atoms with Crippen LogP contribution in [0.25, 0.3) is 0 Å². The van der Waals surface area contributed by atoms with Crippen molar-refractivity contribution in [2.24, 2.45) is 69.5 Å². The highest BCUT2D eigenvalue weighted by Crippen LogP contribution is 2.85. The van der Waals surface area contributed by atoms with Crippen molar-refractivity contribution in [3.8, 4) is 11.8 Å². The molecule has 4 saturated carbocycles. The highest BCUT2D eigenvalue weighted by molar-refractivity contribution is 5.92. The van der Waals surface area contributed by atoms with Gasteiger partial charge in [-0.05, 0) is 137 Å². The molecule has 1 aromatic carbocycles. The third-order valence-electron chi connectivity index (χ3n) is 21.5. The molecule has 0 radical (unpaired) electrons. The van der Waals surface area contributed by atoms with E-state index in [2.05, 4.69) is 71.6 Å². The number of nitrogens with one attached hydrogen (secondary N) is 1. The van der Waals surface area contributed by atoms with Crippen LogP contribution in [0.1, 0.15) is 114 Å². The number of ether oxygens (including phenoxy) is 4. The first-order valence-electron chi connectivity index (χ1n) is 26.1. The third-order valence-corrected chi connectivity index (χ3v) is 21.5. The van der Waals surface area contributed by atoms with E-state index in [-0.39, 0.29) is 54.4 Å². The first-order chi connectivity index (χ1) is 32.4. The van der Waals surface area contributed by atoms with Crippen molar-refractivity contribution in [3.05, 3.63) is 71.3 Å². The molecule has 7 heterocycles. The molecule has 14 rings (SSSR count). The maximum absolute atomic E-state index is 15.9. The van der Waals surface area contributed by atoms with Crippen LogP contribution < -0.4 is 5.32 Å². The van der Waals surface area contributed by atoms with Crippen molar-refractivity contribution in [2.75, 3.05) is 19.8 Å². The summed E-state index contributed by atoms with van der Waals surface area (Å²) in [7, 11) is 0. The first-order valence-corrected chi connectivity index (χ1v) is 26.1. The van der Waals surface area contributed by atoms with Crippen molar-refractivity contribution in [3.63, 3.8) is 0 Å². The number of hydrogen-bond donors (Lipinski definition) is 2. The number of aliphatic hydroxyl groups excluding tert-OH is 1. The van der Waals surface area contributed by atoms with Crippen LogP contribution in [0.15, 0.2) is 53.3 Å². The number of allylic oxidation sites excluding steroid dienone is 1. The summed E-state index contributed by atoms with van der Waals surface area (Å²) in [5.41, 5.74) is -3.27. The number of Topliss-reactive ketones (excluding diaryl/α,β-unsaturated/α-hetero) is 1. The molecule has 354 valence electrons. The molecule has 9 fully saturated rings. The van der Waals surface area contributed by atoms with Crippen LogP contribution in [0.4, 0.5) is 0 Å². The average molecular weight is 911 g/mol. The summed E-state index contributed by atoms with van der Waals surface area (Å²) in [6.07, 6.45) is 15.1. The molecule has 6 aliphatic heterocycles.